The lowest BCUT2D eigenvalue weighted by Gasteiger charge is -2.01. The third kappa shape index (κ3) is 3.88. The number of benzene rings is 1. The van der Waals surface area contributed by atoms with Gasteiger partial charge < -0.3 is 5.32 Å². The van der Waals surface area contributed by atoms with Gasteiger partial charge in [0.05, 0.1) is 6.54 Å². The average Bonchev–Trinajstić information content (AvgIpc) is 2.93. The summed E-state index contributed by atoms with van der Waals surface area (Å²) >= 11 is 11.8. The van der Waals surface area contributed by atoms with Crippen LogP contribution in [-0.2, 0) is 11.3 Å². The fourth-order valence-electron chi connectivity index (χ4n) is 2.08. The number of rotatable bonds is 4. The van der Waals surface area contributed by atoms with Crippen LogP contribution in [0.15, 0.2) is 48.7 Å². The number of hydrogen-bond acceptors (Lipinski definition) is 3. The minimum absolute atomic E-state index is 0.242. The van der Waals surface area contributed by atoms with Gasteiger partial charge in [0.1, 0.15) is 0 Å². The standard InChI is InChI=1S/C16H12Cl2N4O/c17-12-7-11(8-13(18)9-12)4-5-16(23)19-10-15-21-20-14-3-1-2-6-22(14)15/h1-9H,10H2,(H,19,23)/b5-4+. The highest BCUT2D eigenvalue weighted by Crippen LogP contribution is 2.19. The van der Waals surface area contributed by atoms with E-state index in [1.165, 1.54) is 6.08 Å². The predicted molar refractivity (Wildman–Crippen MR) is 90.3 cm³/mol. The lowest BCUT2D eigenvalue weighted by molar-refractivity contribution is -0.116. The quantitative estimate of drug-likeness (QED) is 0.736. The summed E-state index contributed by atoms with van der Waals surface area (Å²) in [6, 6.07) is 10.7. The lowest BCUT2D eigenvalue weighted by atomic mass is 10.2. The van der Waals surface area contributed by atoms with Crippen LogP contribution >= 0.6 is 23.2 Å². The molecule has 0 fully saturated rings. The molecule has 0 aliphatic heterocycles. The van der Waals surface area contributed by atoms with Crippen molar-refractivity contribution >= 4 is 40.8 Å². The van der Waals surface area contributed by atoms with Crippen LogP contribution in [0.1, 0.15) is 11.4 Å². The van der Waals surface area contributed by atoms with Gasteiger partial charge in [-0.2, -0.15) is 0 Å². The van der Waals surface area contributed by atoms with E-state index in [-0.39, 0.29) is 12.5 Å². The normalized spacial score (nSPS) is 11.2. The molecule has 1 N–H and O–H groups in total. The van der Waals surface area contributed by atoms with E-state index in [2.05, 4.69) is 15.5 Å². The molecule has 0 aliphatic rings. The number of aromatic nitrogens is 3. The van der Waals surface area contributed by atoms with Gasteiger partial charge in [0.25, 0.3) is 0 Å². The Morgan fingerprint density at radius 3 is 2.74 bits per heavy atom. The summed E-state index contributed by atoms with van der Waals surface area (Å²) in [4.78, 5) is 11.9. The fourth-order valence-corrected chi connectivity index (χ4v) is 2.62. The Bertz CT molecular complexity index is 868. The van der Waals surface area contributed by atoms with Crippen LogP contribution in [0.5, 0.6) is 0 Å². The molecule has 3 aromatic rings. The van der Waals surface area contributed by atoms with Crippen LogP contribution < -0.4 is 5.32 Å². The molecule has 2 heterocycles. The summed E-state index contributed by atoms with van der Waals surface area (Å²) in [7, 11) is 0. The molecule has 5 nitrogen and oxygen atoms in total. The molecule has 3 rings (SSSR count). The second-order valence-corrected chi connectivity index (χ2v) is 5.67. The molecule has 0 spiro atoms. The second kappa shape index (κ2) is 6.81. The monoisotopic (exact) mass is 346 g/mol. The molecule has 1 aromatic carbocycles. The number of nitrogens with zero attached hydrogens (tertiary/aromatic N) is 3. The molecule has 0 aliphatic carbocycles. The van der Waals surface area contributed by atoms with Crippen LogP contribution in [0.3, 0.4) is 0 Å². The van der Waals surface area contributed by atoms with Crippen molar-refractivity contribution in [3.8, 4) is 0 Å². The lowest BCUT2D eigenvalue weighted by Crippen LogP contribution is -2.21. The zero-order chi connectivity index (χ0) is 16.2. The predicted octanol–water partition coefficient (Wildman–Crippen LogP) is 3.37. The van der Waals surface area contributed by atoms with Gasteiger partial charge in [-0.3, -0.25) is 9.20 Å². The number of carbonyl (C=O) groups is 1. The number of amides is 1. The van der Waals surface area contributed by atoms with Gasteiger partial charge in [0, 0.05) is 22.3 Å². The number of pyridine rings is 1. The van der Waals surface area contributed by atoms with E-state index in [0.717, 1.165) is 11.2 Å². The molecule has 0 bridgehead atoms. The van der Waals surface area contributed by atoms with Crippen LogP contribution in [-0.4, -0.2) is 20.5 Å². The first kappa shape index (κ1) is 15.5. The molecule has 2 aromatic heterocycles. The Hall–Kier alpha value is -2.37. The van der Waals surface area contributed by atoms with E-state index in [4.69, 9.17) is 23.2 Å². The molecule has 23 heavy (non-hydrogen) atoms. The summed E-state index contributed by atoms with van der Waals surface area (Å²) < 4.78 is 1.82. The third-order valence-electron chi connectivity index (χ3n) is 3.12. The number of halogens is 2. The van der Waals surface area contributed by atoms with Crippen LogP contribution in [0, 0.1) is 0 Å². The summed E-state index contributed by atoms with van der Waals surface area (Å²) in [5, 5.41) is 11.9. The van der Waals surface area contributed by atoms with Crippen LogP contribution in [0.25, 0.3) is 11.7 Å². The van der Waals surface area contributed by atoms with Gasteiger partial charge in [0.15, 0.2) is 11.5 Å². The number of fused-ring (bicyclic) bond motifs is 1. The maximum Gasteiger partial charge on any atom is 0.244 e. The summed E-state index contributed by atoms with van der Waals surface area (Å²) in [6.07, 6.45) is 4.92. The SMILES string of the molecule is O=C(/C=C/c1cc(Cl)cc(Cl)c1)NCc1nnc2ccccn12. The maximum atomic E-state index is 11.9. The van der Waals surface area contributed by atoms with Crippen molar-refractivity contribution in [1.82, 2.24) is 19.9 Å². The first-order valence-corrected chi connectivity index (χ1v) is 7.58. The maximum absolute atomic E-state index is 11.9. The number of hydrogen-bond donors (Lipinski definition) is 1. The molecule has 7 heteroatoms. The molecule has 0 saturated carbocycles. The van der Waals surface area contributed by atoms with Crippen molar-refractivity contribution in [2.75, 3.05) is 0 Å². The highest BCUT2D eigenvalue weighted by molar-refractivity contribution is 6.34. The molecular formula is C16H12Cl2N4O. The summed E-state index contributed by atoms with van der Waals surface area (Å²) in [5.41, 5.74) is 1.49. The minimum atomic E-state index is -0.242. The average molecular weight is 347 g/mol. The molecule has 0 radical (unpaired) electrons. The fraction of sp³-hybridized carbons (Fsp3) is 0.0625. The second-order valence-electron chi connectivity index (χ2n) is 4.80. The van der Waals surface area contributed by atoms with Gasteiger partial charge in [-0.1, -0.05) is 29.3 Å². The van der Waals surface area contributed by atoms with Crippen molar-refractivity contribution in [3.05, 3.63) is 70.1 Å². The Morgan fingerprint density at radius 2 is 1.96 bits per heavy atom. The van der Waals surface area contributed by atoms with E-state index in [9.17, 15) is 4.79 Å². The molecule has 0 saturated heterocycles. The van der Waals surface area contributed by atoms with Crippen molar-refractivity contribution in [2.24, 2.45) is 0 Å². The summed E-state index contributed by atoms with van der Waals surface area (Å²) in [5.74, 6) is 0.418. The molecule has 116 valence electrons. The van der Waals surface area contributed by atoms with E-state index >= 15 is 0 Å². The molecular weight excluding hydrogens is 335 g/mol. The van der Waals surface area contributed by atoms with E-state index < -0.39 is 0 Å². The Labute approximate surface area is 142 Å². The first-order chi connectivity index (χ1) is 11.1. The number of nitrogens with one attached hydrogen (secondary N) is 1. The molecule has 0 unspecified atom stereocenters. The Balaban J connectivity index is 1.64. The van der Waals surface area contributed by atoms with Gasteiger partial charge in [-0.25, -0.2) is 0 Å². The highest BCUT2D eigenvalue weighted by Gasteiger charge is 2.05. The largest absolute Gasteiger partial charge is 0.345 e. The van der Waals surface area contributed by atoms with Crippen molar-refractivity contribution < 1.29 is 4.79 Å². The van der Waals surface area contributed by atoms with E-state index in [1.807, 2.05) is 28.8 Å². The molecule has 1 amide bonds. The van der Waals surface area contributed by atoms with Gasteiger partial charge >= 0.3 is 0 Å². The summed E-state index contributed by atoms with van der Waals surface area (Å²) in [6.45, 7) is 0.282. The molecule has 0 atom stereocenters. The third-order valence-corrected chi connectivity index (χ3v) is 3.55. The van der Waals surface area contributed by atoms with E-state index in [1.54, 1.807) is 24.3 Å². The van der Waals surface area contributed by atoms with Gasteiger partial charge in [-0.05, 0) is 42.0 Å². The van der Waals surface area contributed by atoms with Crippen molar-refractivity contribution in [1.29, 1.82) is 0 Å². The minimum Gasteiger partial charge on any atom is -0.345 e. The number of carbonyl (C=O) groups excluding carboxylic acids is 1. The van der Waals surface area contributed by atoms with Crippen LogP contribution in [0.2, 0.25) is 10.0 Å². The van der Waals surface area contributed by atoms with Crippen LogP contribution in [0.4, 0.5) is 0 Å². The zero-order valence-electron chi connectivity index (χ0n) is 11.9. The highest BCUT2D eigenvalue weighted by atomic mass is 35.5. The smallest absolute Gasteiger partial charge is 0.244 e. The zero-order valence-corrected chi connectivity index (χ0v) is 13.4. The van der Waals surface area contributed by atoms with Crippen molar-refractivity contribution in [3.63, 3.8) is 0 Å². The van der Waals surface area contributed by atoms with E-state index in [0.29, 0.717) is 15.9 Å². The van der Waals surface area contributed by atoms with Gasteiger partial charge in [-0.15, -0.1) is 10.2 Å². The first-order valence-electron chi connectivity index (χ1n) is 6.82. The topological polar surface area (TPSA) is 59.3 Å². The van der Waals surface area contributed by atoms with Gasteiger partial charge in [0.2, 0.25) is 5.91 Å². The van der Waals surface area contributed by atoms with Crippen molar-refractivity contribution in [2.45, 2.75) is 6.54 Å². The Kier molecular flexibility index (Phi) is 4.60. The Morgan fingerprint density at radius 1 is 1.17 bits per heavy atom.